The second-order valence-electron chi connectivity index (χ2n) is 3.24. The van der Waals surface area contributed by atoms with Gasteiger partial charge in [-0.25, -0.2) is 0 Å². The third-order valence-corrected chi connectivity index (χ3v) is 2.18. The van der Waals surface area contributed by atoms with Crippen LogP contribution in [0, 0.1) is 6.08 Å². The van der Waals surface area contributed by atoms with E-state index < -0.39 is 0 Å². The minimum Gasteiger partial charge on any atom is -0.398 e. The molecule has 1 aliphatic carbocycles. The van der Waals surface area contributed by atoms with Crippen LogP contribution in [-0.4, -0.2) is 0 Å². The van der Waals surface area contributed by atoms with Crippen molar-refractivity contribution in [2.45, 2.75) is 6.42 Å². The van der Waals surface area contributed by atoms with E-state index in [1.807, 2.05) is 24.3 Å². The molecule has 0 amide bonds. The molecule has 0 atom stereocenters. The lowest BCUT2D eigenvalue weighted by atomic mass is 10.0. The van der Waals surface area contributed by atoms with E-state index in [4.69, 9.17) is 5.73 Å². The van der Waals surface area contributed by atoms with Gasteiger partial charge in [-0.15, -0.1) is 0 Å². The molecular weight excluding hydrogens is 170 g/mol. The summed E-state index contributed by atoms with van der Waals surface area (Å²) in [7, 11) is 0. The number of hydrogen-bond acceptors (Lipinski definition) is 1. The van der Waals surface area contributed by atoms with E-state index >= 15 is 0 Å². The van der Waals surface area contributed by atoms with Gasteiger partial charge in [0.15, 0.2) is 0 Å². The van der Waals surface area contributed by atoms with Crippen LogP contribution < -0.4 is 5.73 Å². The highest BCUT2D eigenvalue weighted by atomic mass is 14.6. The Bertz CT molecular complexity index is 397. The van der Waals surface area contributed by atoms with Gasteiger partial charge in [-0.05, 0) is 23.6 Å². The van der Waals surface area contributed by atoms with Gasteiger partial charge in [0.1, 0.15) is 0 Å². The molecule has 0 heterocycles. The minimum atomic E-state index is 0.747. The molecule has 0 saturated heterocycles. The van der Waals surface area contributed by atoms with E-state index in [-0.39, 0.29) is 0 Å². The fourth-order valence-electron chi connectivity index (χ4n) is 1.42. The van der Waals surface area contributed by atoms with E-state index in [1.54, 1.807) is 0 Å². The largest absolute Gasteiger partial charge is 0.398 e. The number of nitrogens with two attached hydrogens (primary N) is 1. The Morgan fingerprint density at radius 1 is 1.21 bits per heavy atom. The van der Waals surface area contributed by atoms with Crippen LogP contribution >= 0.6 is 0 Å². The Balaban J connectivity index is 2.28. The van der Waals surface area contributed by atoms with Crippen molar-refractivity contribution in [1.82, 2.24) is 0 Å². The van der Waals surface area contributed by atoms with Gasteiger partial charge in [-0.2, -0.15) is 0 Å². The maximum Gasteiger partial charge on any atom is 0.0430 e. The SMILES string of the molecule is NC1=[C]C=CCC1=Cc1ccccc1. The molecule has 0 saturated carbocycles. The summed E-state index contributed by atoms with van der Waals surface area (Å²) < 4.78 is 0. The van der Waals surface area contributed by atoms with Gasteiger partial charge in [0.2, 0.25) is 0 Å². The fourth-order valence-corrected chi connectivity index (χ4v) is 1.42. The summed E-state index contributed by atoms with van der Waals surface area (Å²) in [5.74, 6) is 0. The van der Waals surface area contributed by atoms with Crippen LogP contribution in [0.3, 0.4) is 0 Å². The Kier molecular flexibility index (Phi) is 2.50. The van der Waals surface area contributed by atoms with Crippen molar-refractivity contribution >= 4 is 6.08 Å². The topological polar surface area (TPSA) is 26.0 Å². The van der Waals surface area contributed by atoms with Crippen molar-refractivity contribution in [3.05, 3.63) is 65.4 Å². The average molecular weight is 182 g/mol. The van der Waals surface area contributed by atoms with Crippen LogP contribution in [0.4, 0.5) is 0 Å². The second-order valence-corrected chi connectivity index (χ2v) is 3.24. The average Bonchev–Trinajstić information content (AvgIpc) is 2.23. The number of benzene rings is 1. The number of hydrogen-bond donors (Lipinski definition) is 1. The zero-order valence-electron chi connectivity index (χ0n) is 7.90. The number of rotatable bonds is 1. The van der Waals surface area contributed by atoms with Gasteiger partial charge in [0.25, 0.3) is 0 Å². The maximum atomic E-state index is 5.81. The predicted octanol–water partition coefficient (Wildman–Crippen LogP) is 2.68. The first kappa shape index (κ1) is 8.82. The zero-order valence-corrected chi connectivity index (χ0v) is 7.90. The van der Waals surface area contributed by atoms with Crippen molar-refractivity contribution in [2.75, 3.05) is 0 Å². The van der Waals surface area contributed by atoms with Gasteiger partial charge < -0.3 is 5.73 Å². The van der Waals surface area contributed by atoms with Gasteiger partial charge in [0, 0.05) is 11.8 Å². The van der Waals surface area contributed by atoms with Gasteiger partial charge in [-0.1, -0.05) is 42.5 Å². The minimum absolute atomic E-state index is 0.747. The van der Waals surface area contributed by atoms with Gasteiger partial charge in [-0.3, -0.25) is 0 Å². The van der Waals surface area contributed by atoms with E-state index in [0.717, 1.165) is 17.7 Å². The van der Waals surface area contributed by atoms with Crippen LogP contribution in [-0.2, 0) is 0 Å². The van der Waals surface area contributed by atoms with Gasteiger partial charge in [0.05, 0.1) is 0 Å². The third kappa shape index (κ3) is 1.94. The maximum absolute atomic E-state index is 5.81. The van der Waals surface area contributed by atoms with Crippen LogP contribution in [0.1, 0.15) is 12.0 Å². The summed E-state index contributed by atoms with van der Waals surface area (Å²) in [6, 6.07) is 10.2. The molecule has 0 unspecified atom stereocenters. The molecule has 2 rings (SSSR count). The molecule has 1 radical (unpaired) electrons. The predicted molar refractivity (Wildman–Crippen MR) is 59.1 cm³/mol. The second kappa shape index (κ2) is 3.97. The Morgan fingerprint density at radius 2 is 2.00 bits per heavy atom. The molecule has 0 fully saturated rings. The summed E-state index contributed by atoms with van der Waals surface area (Å²) in [6.07, 6.45) is 9.93. The lowest BCUT2D eigenvalue weighted by Gasteiger charge is -2.07. The smallest absolute Gasteiger partial charge is 0.0430 e. The van der Waals surface area contributed by atoms with E-state index in [2.05, 4.69) is 30.4 Å². The quantitative estimate of drug-likeness (QED) is 0.710. The molecule has 1 aromatic rings. The first-order valence-corrected chi connectivity index (χ1v) is 4.66. The Hall–Kier alpha value is -1.76. The molecule has 0 bridgehead atoms. The molecule has 1 nitrogen and oxygen atoms in total. The molecule has 1 aliphatic rings. The Labute approximate surface area is 84.3 Å². The van der Waals surface area contributed by atoms with Crippen LogP contribution in [0.15, 0.2) is 53.8 Å². The summed E-state index contributed by atoms with van der Waals surface area (Å²) in [6.45, 7) is 0. The zero-order chi connectivity index (χ0) is 9.80. The molecule has 1 aromatic carbocycles. The van der Waals surface area contributed by atoms with Crippen LogP contribution in [0.5, 0.6) is 0 Å². The summed E-state index contributed by atoms with van der Waals surface area (Å²) in [5, 5.41) is 0. The summed E-state index contributed by atoms with van der Waals surface area (Å²) in [4.78, 5) is 0. The highest BCUT2D eigenvalue weighted by molar-refractivity contribution is 5.58. The molecular formula is C13H12N. The van der Waals surface area contributed by atoms with Crippen molar-refractivity contribution in [2.24, 2.45) is 5.73 Å². The van der Waals surface area contributed by atoms with Crippen molar-refractivity contribution in [3.8, 4) is 0 Å². The van der Waals surface area contributed by atoms with Gasteiger partial charge >= 0.3 is 0 Å². The third-order valence-electron chi connectivity index (χ3n) is 2.18. The molecule has 0 spiro atoms. The Morgan fingerprint density at radius 3 is 2.71 bits per heavy atom. The summed E-state index contributed by atoms with van der Waals surface area (Å²) >= 11 is 0. The standard InChI is InChI=1S/C13H12N/c14-13-9-5-4-8-12(13)10-11-6-2-1-3-7-11/h1-7,10H,8,14H2. The van der Waals surface area contributed by atoms with E-state index in [1.165, 1.54) is 5.56 Å². The number of allylic oxidation sites excluding steroid dienone is 4. The van der Waals surface area contributed by atoms with Crippen molar-refractivity contribution in [3.63, 3.8) is 0 Å². The van der Waals surface area contributed by atoms with E-state index in [0.29, 0.717) is 0 Å². The van der Waals surface area contributed by atoms with Crippen LogP contribution in [0.25, 0.3) is 6.08 Å². The molecule has 14 heavy (non-hydrogen) atoms. The summed E-state index contributed by atoms with van der Waals surface area (Å²) in [5.41, 5.74) is 8.88. The molecule has 2 N–H and O–H groups in total. The van der Waals surface area contributed by atoms with Crippen molar-refractivity contribution < 1.29 is 0 Å². The van der Waals surface area contributed by atoms with Crippen molar-refractivity contribution in [1.29, 1.82) is 0 Å². The van der Waals surface area contributed by atoms with Crippen LogP contribution in [0.2, 0.25) is 0 Å². The molecule has 0 aromatic heterocycles. The molecule has 69 valence electrons. The first-order chi connectivity index (χ1) is 6.86. The molecule has 0 aliphatic heterocycles. The van der Waals surface area contributed by atoms with E-state index in [9.17, 15) is 0 Å². The molecule has 1 heteroatoms. The lowest BCUT2D eigenvalue weighted by molar-refractivity contribution is 1.16. The highest BCUT2D eigenvalue weighted by Gasteiger charge is 2.02. The monoisotopic (exact) mass is 182 g/mol. The fraction of sp³-hybridized carbons (Fsp3) is 0.0769. The normalized spacial score (nSPS) is 18.3. The first-order valence-electron chi connectivity index (χ1n) is 4.66. The lowest BCUT2D eigenvalue weighted by Crippen LogP contribution is -2.02. The highest BCUT2D eigenvalue weighted by Crippen LogP contribution is 2.18.